The van der Waals surface area contributed by atoms with Gasteiger partial charge in [-0.2, -0.15) is 0 Å². The summed E-state index contributed by atoms with van der Waals surface area (Å²) in [5.41, 5.74) is 1.32. The lowest BCUT2D eigenvalue weighted by Crippen LogP contribution is -2.04. The lowest BCUT2D eigenvalue weighted by molar-refractivity contribution is 0.630. The SMILES string of the molecule is CNc1cc(Nc2c(C)cccc2F)nc(C2CC2)n1. The summed E-state index contributed by atoms with van der Waals surface area (Å²) in [5.74, 6) is 2.37. The van der Waals surface area contributed by atoms with Crippen molar-refractivity contribution in [1.82, 2.24) is 9.97 Å². The Balaban J connectivity index is 1.95. The van der Waals surface area contributed by atoms with E-state index in [1.165, 1.54) is 6.07 Å². The second kappa shape index (κ2) is 5.07. The maximum atomic E-state index is 13.9. The highest BCUT2D eigenvalue weighted by Crippen LogP contribution is 2.39. The van der Waals surface area contributed by atoms with Crippen LogP contribution in [0.15, 0.2) is 24.3 Å². The average Bonchev–Trinajstić information content (AvgIpc) is 3.27. The van der Waals surface area contributed by atoms with Crippen LogP contribution < -0.4 is 10.6 Å². The second-order valence-corrected chi connectivity index (χ2v) is 5.08. The number of aryl methyl sites for hydroxylation is 1. The number of para-hydroxylation sites is 1. The van der Waals surface area contributed by atoms with Crippen molar-refractivity contribution in [1.29, 1.82) is 0 Å². The van der Waals surface area contributed by atoms with Gasteiger partial charge in [-0.15, -0.1) is 0 Å². The third kappa shape index (κ3) is 2.57. The van der Waals surface area contributed by atoms with Crippen LogP contribution in [0.4, 0.5) is 21.7 Å². The van der Waals surface area contributed by atoms with E-state index in [0.717, 1.165) is 30.0 Å². The summed E-state index contributed by atoms with van der Waals surface area (Å²) in [6, 6.07) is 6.80. The molecule has 1 aliphatic rings. The molecule has 1 aromatic carbocycles. The molecule has 0 bridgehead atoms. The summed E-state index contributed by atoms with van der Waals surface area (Å²) in [6.07, 6.45) is 2.26. The van der Waals surface area contributed by atoms with Crippen molar-refractivity contribution < 1.29 is 4.39 Å². The standard InChI is InChI=1S/C15H17FN4/c1-9-4-3-5-11(16)14(9)18-13-8-12(17-2)19-15(20-13)10-6-7-10/h3-5,8,10H,6-7H2,1-2H3,(H2,17,18,19,20). The van der Waals surface area contributed by atoms with Crippen molar-refractivity contribution in [3.05, 3.63) is 41.5 Å². The molecule has 2 N–H and O–H groups in total. The fourth-order valence-electron chi connectivity index (χ4n) is 2.10. The van der Waals surface area contributed by atoms with Gasteiger partial charge in [-0.1, -0.05) is 12.1 Å². The van der Waals surface area contributed by atoms with Crippen molar-refractivity contribution in [2.75, 3.05) is 17.7 Å². The maximum absolute atomic E-state index is 13.9. The molecule has 2 aromatic rings. The van der Waals surface area contributed by atoms with Gasteiger partial charge in [-0.25, -0.2) is 14.4 Å². The molecule has 0 unspecified atom stereocenters. The zero-order chi connectivity index (χ0) is 14.1. The lowest BCUT2D eigenvalue weighted by atomic mass is 10.2. The first-order valence-corrected chi connectivity index (χ1v) is 6.76. The van der Waals surface area contributed by atoms with Crippen LogP contribution >= 0.6 is 0 Å². The van der Waals surface area contributed by atoms with E-state index < -0.39 is 0 Å². The van der Waals surface area contributed by atoms with Gasteiger partial charge in [0.15, 0.2) is 0 Å². The zero-order valence-electron chi connectivity index (χ0n) is 11.6. The van der Waals surface area contributed by atoms with Crippen LogP contribution in [0, 0.1) is 12.7 Å². The molecule has 104 valence electrons. The third-order valence-electron chi connectivity index (χ3n) is 3.42. The van der Waals surface area contributed by atoms with Gasteiger partial charge in [0.25, 0.3) is 0 Å². The number of nitrogens with one attached hydrogen (secondary N) is 2. The molecular weight excluding hydrogens is 255 g/mol. The van der Waals surface area contributed by atoms with E-state index >= 15 is 0 Å². The highest BCUT2D eigenvalue weighted by molar-refractivity contribution is 5.63. The van der Waals surface area contributed by atoms with E-state index in [-0.39, 0.29) is 5.82 Å². The van der Waals surface area contributed by atoms with Crippen LogP contribution in [0.25, 0.3) is 0 Å². The maximum Gasteiger partial charge on any atom is 0.146 e. The van der Waals surface area contributed by atoms with Crippen molar-refractivity contribution in [3.8, 4) is 0 Å². The number of hydrogen-bond acceptors (Lipinski definition) is 4. The fraction of sp³-hybridized carbons (Fsp3) is 0.333. The Morgan fingerprint density at radius 3 is 2.60 bits per heavy atom. The lowest BCUT2D eigenvalue weighted by Gasteiger charge is -2.12. The molecule has 5 heteroatoms. The molecule has 1 aliphatic carbocycles. The molecule has 20 heavy (non-hydrogen) atoms. The molecule has 1 heterocycles. The highest BCUT2D eigenvalue weighted by atomic mass is 19.1. The van der Waals surface area contributed by atoms with E-state index in [4.69, 9.17) is 0 Å². The van der Waals surface area contributed by atoms with Crippen molar-refractivity contribution in [2.45, 2.75) is 25.7 Å². The second-order valence-electron chi connectivity index (χ2n) is 5.08. The van der Waals surface area contributed by atoms with Crippen LogP contribution in [-0.4, -0.2) is 17.0 Å². The van der Waals surface area contributed by atoms with Gasteiger partial charge in [-0.05, 0) is 31.4 Å². The number of nitrogens with zero attached hydrogens (tertiary/aromatic N) is 2. The van der Waals surface area contributed by atoms with Gasteiger partial charge >= 0.3 is 0 Å². The number of rotatable bonds is 4. The van der Waals surface area contributed by atoms with Crippen molar-refractivity contribution >= 4 is 17.3 Å². The predicted molar refractivity (Wildman–Crippen MR) is 78.0 cm³/mol. The first-order valence-electron chi connectivity index (χ1n) is 6.76. The van der Waals surface area contributed by atoms with Crippen LogP contribution in [-0.2, 0) is 0 Å². The minimum Gasteiger partial charge on any atom is -0.373 e. The molecule has 4 nitrogen and oxygen atoms in total. The van der Waals surface area contributed by atoms with Gasteiger partial charge in [0.2, 0.25) is 0 Å². The number of benzene rings is 1. The molecule has 0 atom stereocenters. The molecule has 1 saturated carbocycles. The van der Waals surface area contributed by atoms with Gasteiger partial charge in [0.1, 0.15) is 23.3 Å². The Hall–Kier alpha value is -2.17. The Labute approximate surface area is 117 Å². The fourth-order valence-corrected chi connectivity index (χ4v) is 2.10. The topological polar surface area (TPSA) is 49.8 Å². The molecule has 0 saturated heterocycles. The first-order chi connectivity index (χ1) is 9.67. The van der Waals surface area contributed by atoms with Gasteiger partial charge in [-0.3, -0.25) is 0 Å². The molecule has 1 aromatic heterocycles. The monoisotopic (exact) mass is 272 g/mol. The van der Waals surface area contributed by atoms with E-state index in [0.29, 0.717) is 17.4 Å². The smallest absolute Gasteiger partial charge is 0.146 e. The van der Waals surface area contributed by atoms with Gasteiger partial charge < -0.3 is 10.6 Å². The molecule has 0 radical (unpaired) electrons. The summed E-state index contributed by atoms with van der Waals surface area (Å²) in [5, 5.41) is 6.09. The molecule has 0 spiro atoms. The normalized spacial score (nSPS) is 14.2. The summed E-state index contributed by atoms with van der Waals surface area (Å²) in [6.45, 7) is 1.87. The predicted octanol–water partition coefficient (Wildman–Crippen LogP) is 3.59. The van der Waals surface area contributed by atoms with Crippen molar-refractivity contribution in [3.63, 3.8) is 0 Å². The van der Waals surface area contributed by atoms with Crippen molar-refractivity contribution in [2.24, 2.45) is 0 Å². The number of halogens is 1. The van der Waals surface area contributed by atoms with Crippen LogP contribution in [0.1, 0.15) is 30.1 Å². The molecule has 0 aliphatic heterocycles. The van der Waals surface area contributed by atoms with E-state index in [1.807, 2.05) is 20.0 Å². The number of anilines is 3. The third-order valence-corrected chi connectivity index (χ3v) is 3.42. The zero-order valence-corrected chi connectivity index (χ0v) is 11.6. The Morgan fingerprint density at radius 2 is 1.95 bits per heavy atom. The number of aromatic nitrogens is 2. The number of hydrogen-bond donors (Lipinski definition) is 2. The summed E-state index contributed by atoms with van der Waals surface area (Å²) in [7, 11) is 1.82. The highest BCUT2D eigenvalue weighted by Gasteiger charge is 2.27. The average molecular weight is 272 g/mol. The molecule has 3 rings (SSSR count). The molecule has 1 fully saturated rings. The van der Waals surface area contributed by atoms with Crippen LogP contribution in [0.3, 0.4) is 0 Å². The van der Waals surface area contributed by atoms with E-state index in [2.05, 4.69) is 20.6 Å². The quantitative estimate of drug-likeness (QED) is 0.893. The Morgan fingerprint density at radius 1 is 1.20 bits per heavy atom. The summed E-state index contributed by atoms with van der Waals surface area (Å²) < 4.78 is 13.9. The Bertz CT molecular complexity index is 618. The summed E-state index contributed by atoms with van der Waals surface area (Å²) in [4.78, 5) is 8.94. The Kier molecular flexibility index (Phi) is 3.26. The van der Waals surface area contributed by atoms with Crippen LogP contribution in [0.2, 0.25) is 0 Å². The first kappa shape index (κ1) is 12.8. The van der Waals surface area contributed by atoms with Crippen LogP contribution in [0.5, 0.6) is 0 Å². The van der Waals surface area contributed by atoms with Gasteiger partial charge in [0.05, 0.1) is 5.69 Å². The van der Waals surface area contributed by atoms with Gasteiger partial charge in [0, 0.05) is 19.0 Å². The summed E-state index contributed by atoms with van der Waals surface area (Å²) >= 11 is 0. The largest absolute Gasteiger partial charge is 0.373 e. The molecule has 0 amide bonds. The van der Waals surface area contributed by atoms with E-state index in [9.17, 15) is 4.39 Å². The minimum atomic E-state index is -0.275. The minimum absolute atomic E-state index is 0.275. The van der Waals surface area contributed by atoms with E-state index in [1.54, 1.807) is 12.1 Å². The molecular formula is C15H17FN4.